The fraction of sp³-hybridized carbons (Fsp3) is 0.562. The highest BCUT2D eigenvalue weighted by Crippen LogP contribution is 2.21. The highest BCUT2D eigenvalue weighted by molar-refractivity contribution is 5.76. The lowest BCUT2D eigenvalue weighted by molar-refractivity contribution is -0.131. The molecule has 1 fully saturated rings. The standard InChI is InChI=1S/C16H24N2O2/c1-17-15(13-7-6-8-14(11-13)20-2)12-18-10-5-3-4-9-16(18)19/h6-8,11,15,17H,3-5,9-10,12H2,1-2H3. The topological polar surface area (TPSA) is 41.6 Å². The number of benzene rings is 1. The van der Waals surface area contributed by atoms with Crippen LogP contribution in [-0.2, 0) is 4.79 Å². The van der Waals surface area contributed by atoms with Crippen LogP contribution in [0.1, 0.15) is 37.3 Å². The predicted molar refractivity (Wildman–Crippen MR) is 79.8 cm³/mol. The third-order valence-electron chi connectivity index (χ3n) is 3.92. The van der Waals surface area contributed by atoms with Crippen LogP contribution in [0, 0.1) is 0 Å². The Bertz CT molecular complexity index is 448. The van der Waals surface area contributed by atoms with Gasteiger partial charge in [0, 0.05) is 25.6 Å². The molecular formula is C16H24N2O2. The van der Waals surface area contributed by atoms with Gasteiger partial charge in [-0.2, -0.15) is 0 Å². The number of amides is 1. The van der Waals surface area contributed by atoms with Gasteiger partial charge in [-0.25, -0.2) is 0 Å². The summed E-state index contributed by atoms with van der Waals surface area (Å²) in [5.74, 6) is 1.13. The van der Waals surface area contributed by atoms with Crippen molar-refractivity contribution in [2.75, 3.05) is 27.2 Å². The van der Waals surface area contributed by atoms with E-state index in [1.54, 1.807) is 7.11 Å². The molecular weight excluding hydrogens is 252 g/mol. The second kappa shape index (κ2) is 7.29. The number of nitrogens with one attached hydrogen (secondary N) is 1. The minimum atomic E-state index is 0.146. The van der Waals surface area contributed by atoms with Crippen LogP contribution < -0.4 is 10.1 Å². The van der Waals surface area contributed by atoms with Crippen molar-refractivity contribution >= 4 is 5.91 Å². The average Bonchev–Trinajstić information content (AvgIpc) is 2.69. The summed E-state index contributed by atoms with van der Waals surface area (Å²) in [6.45, 7) is 1.60. The summed E-state index contributed by atoms with van der Waals surface area (Å²) >= 11 is 0. The molecule has 1 aromatic rings. The number of methoxy groups -OCH3 is 1. The Morgan fingerprint density at radius 3 is 2.95 bits per heavy atom. The van der Waals surface area contributed by atoms with E-state index in [1.807, 2.05) is 30.1 Å². The van der Waals surface area contributed by atoms with Gasteiger partial charge in [-0.3, -0.25) is 4.79 Å². The van der Waals surface area contributed by atoms with Crippen LogP contribution in [0.15, 0.2) is 24.3 Å². The van der Waals surface area contributed by atoms with Gasteiger partial charge in [0.15, 0.2) is 0 Å². The quantitative estimate of drug-likeness (QED) is 0.897. The van der Waals surface area contributed by atoms with Crippen molar-refractivity contribution in [2.24, 2.45) is 0 Å². The minimum Gasteiger partial charge on any atom is -0.497 e. The summed E-state index contributed by atoms with van der Waals surface area (Å²) in [5.41, 5.74) is 1.16. The molecule has 1 atom stereocenters. The SMILES string of the molecule is CNC(CN1CCCCCC1=O)c1cccc(OC)c1. The van der Waals surface area contributed by atoms with Crippen LogP contribution in [-0.4, -0.2) is 38.1 Å². The molecule has 0 saturated carbocycles. The fourth-order valence-electron chi connectivity index (χ4n) is 2.67. The molecule has 1 saturated heterocycles. The molecule has 2 rings (SSSR count). The number of ether oxygens (including phenoxy) is 1. The third-order valence-corrected chi connectivity index (χ3v) is 3.92. The van der Waals surface area contributed by atoms with Crippen LogP contribution in [0.4, 0.5) is 0 Å². The molecule has 1 unspecified atom stereocenters. The molecule has 1 aliphatic heterocycles. The largest absolute Gasteiger partial charge is 0.497 e. The zero-order valence-electron chi connectivity index (χ0n) is 12.4. The van der Waals surface area contributed by atoms with E-state index in [0.717, 1.165) is 43.7 Å². The first-order chi connectivity index (χ1) is 9.74. The van der Waals surface area contributed by atoms with E-state index in [-0.39, 0.29) is 11.9 Å². The lowest BCUT2D eigenvalue weighted by Gasteiger charge is -2.27. The van der Waals surface area contributed by atoms with Crippen molar-refractivity contribution in [1.29, 1.82) is 0 Å². The maximum absolute atomic E-state index is 12.1. The van der Waals surface area contributed by atoms with E-state index in [2.05, 4.69) is 11.4 Å². The third kappa shape index (κ3) is 3.73. The van der Waals surface area contributed by atoms with Gasteiger partial charge in [0.1, 0.15) is 5.75 Å². The summed E-state index contributed by atoms with van der Waals surface area (Å²) < 4.78 is 5.27. The predicted octanol–water partition coefficient (Wildman–Crippen LogP) is 2.36. The van der Waals surface area contributed by atoms with Crippen molar-refractivity contribution in [3.63, 3.8) is 0 Å². The number of hydrogen-bond acceptors (Lipinski definition) is 3. The smallest absolute Gasteiger partial charge is 0.222 e. The maximum atomic E-state index is 12.1. The second-order valence-corrected chi connectivity index (χ2v) is 5.27. The van der Waals surface area contributed by atoms with Gasteiger partial charge in [-0.1, -0.05) is 18.6 Å². The molecule has 1 aromatic carbocycles. The minimum absolute atomic E-state index is 0.146. The zero-order chi connectivity index (χ0) is 14.4. The molecule has 1 heterocycles. The Hall–Kier alpha value is -1.55. The molecule has 4 heteroatoms. The molecule has 1 amide bonds. The summed E-state index contributed by atoms with van der Waals surface area (Å²) in [6.07, 6.45) is 3.99. The number of likely N-dealkylation sites (N-methyl/N-ethyl adjacent to an activating group) is 1. The molecule has 0 aromatic heterocycles. The van der Waals surface area contributed by atoms with Crippen molar-refractivity contribution < 1.29 is 9.53 Å². The number of carbonyl (C=O) groups excluding carboxylic acids is 1. The molecule has 0 aliphatic carbocycles. The van der Waals surface area contributed by atoms with E-state index in [0.29, 0.717) is 6.42 Å². The van der Waals surface area contributed by atoms with Crippen molar-refractivity contribution in [2.45, 2.75) is 31.7 Å². The summed E-state index contributed by atoms with van der Waals surface area (Å²) in [4.78, 5) is 14.1. The van der Waals surface area contributed by atoms with Gasteiger partial charge < -0.3 is 15.0 Å². The number of rotatable bonds is 5. The molecule has 4 nitrogen and oxygen atoms in total. The van der Waals surface area contributed by atoms with Gasteiger partial charge in [-0.15, -0.1) is 0 Å². The van der Waals surface area contributed by atoms with Crippen LogP contribution in [0.3, 0.4) is 0 Å². The van der Waals surface area contributed by atoms with Crippen molar-refractivity contribution in [1.82, 2.24) is 10.2 Å². The summed E-state index contributed by atoms with van der Waals surface area (Å²) in [5, 5.41) is 3.31. The van der Waals surface area contributed by atoms with E-state index in [1.165, 1.54) is 0 Å². The molecule has 110 valence electrons. The highest BCUT2D eigenvalue weighted by atomic mass is 16.5. The van der Waals surface area contributed by atoms with Crippen molar-refractivity contribution in [3.8, 4) is 5.75 Å². The number of hydrogen-bond donors (Lipinski definition) is 1. The molecule has 20 heavy (non-hydrogen) atoms. The number of nitrogens with zero attached hydrogens (tertiary/aromatic N) is 1. The highest BCUT2D eigenvalue weighted by Gasteiger charge is 2.21. The summed E-state index contributed by atoms with van der Waals surface area (Å²) in [6, 6.07) is 8.18. The Labute approximate surface area is 121 Å². The van der Waals surface area contributed by atoms with E-state index in [9.17, 15) is 4.79 Å². The molecule has 0 bridgehead atoms. The number of likely N-dealkylation sites (tertiary alicyclic amines) is 1. The fourth-order valence-corrected chi connectivity index (χ4v) is 2.67. The first-order valence-electron chi connectivity index (χ1n) is 7.33. The first kappa shape index (κ1) is 14.9. The normalized spacial score (nSPS) is 17.7. The maximum Gasteiger partial charge on any atom is 0.222 e. The Kier molecular flexibility index (Phi) is 5.41. The first-order valence-corrected chi connectivity index (χ1v) is 7.33. The van der Waals surface area contributed by atoms with E-state index < -0.39 is 0 Å². The Morgan fingerprint density at radius 1 is 1.35 bits per heavy atom. The van der Waals surface area contributed by atoms with Gasteiger partial charge in [-0.05, 0) is 37.6 Å². The van der Waals surface area contributed by atoms with Crippen molar-refractivity contribution in [3.05, 3.63) is 29.8 Å². The second-order valence-electron chi connectivity index (χ2n) is 5.27. The lowest BCUT2D eigenvalue weighted by atomic mass is 10.1. The molecule has 1 N–H and O–H groups in total. The number of carbonyl (C=O) groups is 1. The average molecular weight is 276 g/mol. The molecule has 0 radical (unpaired) electrons. The van der Waals surface area contributed by atoms with Gasteiger partial charge in [0.25, 0.3) is 0 Å². The molecule has 1 aliphatic rings. The Morgan fingerprint density at radius 2 is 2.20 bits per heavy atom. The monoisotopic (exact) mass is 276 g/mol. The van der Waals surface area contributed by atoms with E-state index in [4.69, 9.17) is 4.74 Å². The van der Waals surface area contributed by atoms with E-state index >= 15 is 0 Å². The zero-order valence-corrected chi connectivity index (χ0v) is 12.4. The van der Waals surface area contributed by atoms with Crippen LogP contribution in [0.25, 0.3) is 0 Å². The van der Waals surface area contributed by atoms with Gasteiger partial charge in [0.05, 0.1) is 7.11 Å². The van der Waals surface area contributed by atoms with Gasteiger partial charge >= 0.3 is 0 Å². The summed E-state index contributed by atoms with van der Waals surface area (Å²) in [7, 11) is 3.61. The lowest BCUT2D eigenvalue weighted by Crippen LogP contribution is -2.37. The Balaban J connectivity index is 2.08. The van der Waals surface area contributed by atoms with Crippen LogP contribution in [0.2, 0.25) is 0 Å². The van der Waals surface area contributed by atoms with Gasteiger partial charge in [0.2, 0.25) is 5.91 Å². The molecule has 0 spiro atoms. The van der Waals surface area contributed by atoms with Crippen LogP contribution in [0.5, 0.6) is 5.75 Å². The van der Waals surface area contributed by atoms with Crippen LogP contribution >= 0.6 is 0 Å².